The van der Waals surface area contributed by atoms with Gasteiger partial charge in [-0.25, -0.2) is 4.99 Å². The van der Waals surface area contributed by atoms with Crippen LogP contribution in [0.4, 0.5) is 11.4 Å². The van der Waals surface area contributed by atoms with E-state index in [1.54, 1.807) is 11.0 Å². The third-order valence-corrected chi connectivity index (χ3v) is 4.62. The van der Waals surface area contributed by atoms with Crippen molar-refractivity contribution in [2.45, 2.75) is 26.7 Å². The largest absolute Gasteiger partial charge is 0.494 e. The lowest BCUT2D eigenvalue weighted by atomic mass is 10.0. The van der Waals surface area contributed by atoms with Crippen LogP contribution in [-0.2, 0) is 11.2 Å². The van der Waals surface area contributed by atoms with Gasteiger partial charge in [0.25, 0.3) is 0 Å². The van der Waals surface area contributed by atoms with Crippen LogP contribution < -0.4 is 25.4 Å². The van der Waals surface area contributed by atoms with E-state index >= 15 is 0 Å². The van der Waals surface area contributed by atoms with Crippen LogP contribution in [0.3, 0.4) is 0 Å². The third kappa shape index (κ3) is 6.01. The Morgan fingerprint density at radius 2 is 1.93 bits per heavy atom. The lowest BCUT2D eigenvalue weighted by Gasteiger charge is -2.29. The predicted molar refractivity (Wildman–Crippen MR) is 131 cm³/mol. The lowest BCUT2D eigenvalue weighted by molar-refractivity contribution is -0.117. The van der Waals surface area contributed by atoms with Gasteiger partial charge in [-0.3, -0.25) is 4.79 Å². The predicted octanol–water partition coefficient (Wildman–Crippen LogP) is 3.81. The van der Waals surface area contributed by atoms with Gasteiger partial charge >= 0.3 is 0 Å². The van der Waals surface area contributed by atoms with Crippen molar-refractivity contribution in [2.75, 3.05) is 36.5 Å². The van der Waals surface area contributed by atoms with Crippen molar-refractivity contribution in [2.24, 2.45) is 10.7 Å². The van der Waals surface area contributed by atoms with Gasteiger partial charge < -0.3 is 25.4 Å². The number of hydrogen-bond acceptors (Lipinski definition) is 4. The maximum atomic E-state index is 12.7. The van der Waals surface area contributed by atoms with Gasteiger partial charge in [-0.2, -0.15) is 0 Å². The van der Waals surface area contributed by atoms with Gasteiger partial charge in [0.15, 0.2) is 5.96 Å². The van der Waals surface area contributed by atoms with E-state index in [4.69, 9.17) is 15.2 Å². The first-order valence-electron chi connectivity index (χ1n) is 9.97. The second-order valence-electron chi connectivity index (χ2n) is 6.63. The fraction of sp³-hybridized carbons (Fsp3) is 0.364. The molecule has 0 fully saturated rings. The van der Waals surface area contributed by atoms with Gasteiger partial charge in [-0.05, 0) is 50.5 Å². The van der Waals surface area contributed by atoms with Gasteiger partial charge in [0, 0.05) is 18.3 Å². The molecule has 0 atom stereocenters. The molecule has 0 radical (unpaired) electrons. The molecule has 0 spiro atoms. The third-order valence-electron chi connectivity index (χ3n) is 4.62. The van der Waals surface area contributed by atoms with E-state index in [1.165, 1.54) is 5.56 Å². The van der Waals surface area contributed by atoms with Crippen LogP contribution in [0.5, 0.6) is 11.5 Å². The number of halogens is 1. The van der Waals surface area contributed by atoms with Gasteiger partial charge in [0.2, 0.25) is 5.91 Å². The average molecular weight is 524 g/mol. The number of guanidine groups is 1. The van der Waals surface area contributed by atoms with E-state index in [9.17, 15) is 4.79 Å². The number of rotatable bonds is 7. The van der Waals surface area contributed by atoms with Crippen LogP contribution in [-0.4, -0.2) is 38.2 Å². The standard InChI is InChI=1S/C22H28N4O3.HI/c1-3-28-17-11-12-20(29-4-2)18(14-17)25-22(23)24-15-21(27)26-13-7-9-16-8-5-6-10-19(16)26;/h5-6,8,10-12,14H,3-4,7,9,13,15H2,1-2H3,(H3,23,24,25);1H. The highest BCUT2D eigenvalue weighted by Crippen LogP contribution is 2.29. The maximum Gasteiger partial charge on any atom is 0.248 e. The van der Waals surface area contributed by atoms with Crippen LogP contribution in [0.25, 0.3) is 0 Å². The normalized spacial score (nSPS) is 13.1. The summed E-state index contributed by atoms with van der Waals surface area (Å²) in [6, 6.07) is 13.5. The summed E-state index contributed by atoms with van der Waals surface area (Å²) >= 11 is 0. The molecule has 0 aromatic heterocycles. The topological polar surface area (TPSA) is 89.2 Å². The molecule has 1 aliphatic heterocycles. The molecule has 1 heterocycles. The van der Waals surface area contributed by atoms with Crippen LogP contribution in [0.15, 0.2) is 47.5 Å². The lowest BCUT2D eigenvalue weighted by Crippen LogP contribution is -2.37. The highest BCUT2D eigenvalue weighted by Gasteiger charge is 2.21. The summed E-state index contributed by atoms with van der Waals surface area (Å²) in [5, 5.41) is 3.02. The summed E-state index contributed by atoms with van der Waals surface area (Å²) in [6.45, 7) is 5.58. The number of fused-ring (bicyclic) bond motifs is 1. The minimum Gasteiger partial charge on any atom is -0.494 e. The number of benzene rings is 2. The van der Waals surface area contributed by atoms with Gasteiger partial charge in [-0.1, -0.05) is 18.2 Å². The van der Waals surface area contributed by atoms with E-state index < -0.39 is 0 Å². The molecular formula is C22H29IN4O3. The molecule has 2 aromatic rings. The van der Waals surface area contributed by atoms with E-state index in [2.05, 4.69) is 16.4 Å². The number of carbonyl (C=O) groups is 1. The van der Waals surface area contributed by atoms with Crippen molar-refractivity contribution < 1.29 is 14.3 Å². The molecule has 7 nitrogen and oxygen atoms in total. The molecule has 1 aliphatic rings. The van der Waals surface area contributed by atoms with E-state index in [0.717, 1.165) is 18.5 Å². The van der Waals surface area contributed by atoms with Crippen LogP contribution in [0.1, 0.15) is 25.8 Å². The smallest absolute Gasteiger partial charge is 0.248 e. The Balaban J connectivity index is 0.00000320. The summed E-state index contributed by atoms with van der Waals surface area (Å²) in [4.78, 5) is 18.7. The number of amides is 1. The minimum absolute atomic E-state index is 0. The minimum atomic E-state index is -0.0741. The van der Waals surface area contributed by atoms with E-state index in [1.807, 2.05) is 44.2 Å². The van der Waals surface area contributed by atoms with Gasteiger partial charge in [-0.15, -0.1) is 24.0 Å². The van der Waals surface area contributed by atoms with Gasteiger partial charge in [0.1, 0.15) is 18.0 Å². The second kappa shape index (κ2) is 11.6. The molecule has 0 saturated carbocycles. The Hall–Kier alpha value is -2.49. The molecule has 8 heteroatoms. The zero-order valence-electron chi connectivity index (χ0n) is 17.4. The van der Waals surface area contributed by atoms with Crippen LogP contribution in [0, 0.1) is 0 Å². The maximum absolute atomic E-state index is 12.7. The first-order valence-corrected chi connectivity index (χ1v) is 9.97. The molecule has 3 rings (SSSR count). The van der Waals surface area contributed by atoms with Crippen molar-refractivity contribution in [3.8, 4) is 11.5 Å². The van der Waals surface area contributed by atoms with Crippen molar-refractivity contribution in [1.82, 2.24) is 0 Å². The van der Waals surface area contributed by atoms with Crippen molar-refractivity contribution >= 4 is 47.2 Å². The molecule has 1 amide bonds. The molecule has 162 valence electrons. The first-order chi connectivity index (χ1) is 14.1. The summed E-state index contributed by atoms with van der Waals surface area (Å²) in [7, 11) is 0. The van der Waals surface area contributed by atoms with E-state index in [-0.39, 0.29) is 42.4 Å². The Morgan fingerprint density at radius 3 is 2.70 bits per heavy atom. The molecule has 0 saturated heterocycles. The van der Waals surface area contributed by atoms with Crippen molar-refractivity contribution in [3.63, 3.8) is 0 Å². The molecule has 2 aromatic carbocycles. The van der Waals surface area contributed by atoms with Crippen molar-refractivity contribution in [1.29, 1.82) is 0 Å². The van der Waals surface area contributed by atoms with Crippen LogP contribution in [0.2, 0.25) is 0 Å². The Morgan fingerprint density at radius 1 is 1.17 bits per heavy atom. The molecule has 0 bridgehead atoms. The summed E-state index contributed by atoms with van der Waals surface area (Å²) in [5.41, 5.74) is 8.84. The fourth-order valence-electron chi connectivity index (χ4n) is 3.35. The number of aliphatic imine (C=N–C) groups is 1. The van der Waals surface area contributed by atoms with E-state index in [0.29, 0.717) is 36.9 Å². The Bertz CT molecular complexity index is 888. The number of para-hydroxylation sites is 1. The SMILES string of the molecule is CCOc1ccc(OCC)c(NC(N)=NCC(=O)N2CCCc3ccccc32)c1.I. The summed E-state index contributed by atoms with van der Waals surface area (Å²) in [6.07, 6.45) is 1.94. The summed E-state index contributed by atoms with van der Waals surface area (Å²) < 4.78 is 11.2. The first kappa shape index (κ1) is 23.8. The second-order valence-corrected chi connectivity index (χ2v) is 6.63. The zero-order chi connectivity index (χ0) is 20.6. The average Bonchev–Trinajstić information content (AvgIpc) is 2.74. The highest BCUT2D eigenvalue weighted by molar-refractivity contribution is 14.0. The molecular weight excluding hydrogens is 495 g/mol. The molecule has 0 unspecified atom stereocenters. The molecule has 3 N–H and O–H groups in total. The number of aryl methyl sites for hydroxylation is 1. The number of nitrogens with one attached hydrogen (secondary N) is 1. The van der Waals surface area contributed by atoms with Crippen molar-refractivity contribution in [3.05, 3.63) is 48.0 Å². The monoisotopic (exact) mass is 524 g/mol. The highest BCUT2D eigenvalue weighted by atomic mass is 127. The fourth-order valence-corrected chi connectivity index (χ4v) is 3.35. The zero-order valence-corrected chi connectivity index (χ0v) is 19.7. The quantitative estimate of drug-likeness (QED) is 0.327. The number of carbonyl (C=O) groups excluding carboxylic acids is 1. The summed E-state index contributed by atoms with van der Waals surface area (Å²) in [5.74, 6) is 1.42. The Kier molecular flexibility index (Phi) is 9.22. The van der Waals surface area contributed by atoms with Gasteiger partial charge in [0.05, 0.1) is 18.9 Å². The number of hydrogen-bond donors (Lipinski definition) is 2. The number of ether oxygens (including phenoxy) is 2. The Labute approximate surface area is 194 Å². The molecule has 30 heavy (non-hydrogen) atoms. The number of nitrogens with zero attached hydrogens (tertiary/aromatic N) is 2. The van der Waals surface area contributed by atoms with Crippen LogP contribution >= 0.6 is 24.0 Å². The molecule has 0 aliphatic carbocycles. The number of anilines is 2. The number of nitrogens with two attached hydrogens (primary N) is 1.